The highest BCUT2D eigenvalue weighted by molar-refractivity contribution is 5.91. The predicted octanol–water partition coefficient (Wildman–Crippen LogP) is 1.10. The second kappa shape index (κ2) is 6.35. The summed E-state index contributed by atoms with van der Waals surface area (Å²) in [4.78, 5) is 5.76. The number of likely N-dealkylation sites (tertiary alicyclic amines) is 1. The van der Waals surface area contributed by atoms with Crippen LogP contribution in [-0.2, 0) is 0 Å². The fourth-order valence-corrected chi connectivity index (χ4v) is 2.27. The van der Waals surface area contributed by atoms with Gasteiger partial charge in [-0.05, 0) is 25.2 Å². The fraction of sp³-hybridized carbons (Fsp3) is 0.818. The summed E-state index contributed by atoms with van der Waals surface area (Å²) < 4.78 is 0. The first-order chi connectivity index (χ1) is 7.63. The lowest BCUT2D eigenvalue weighted by Gasteiger charge is -2.20. The van der Waals surface area contributed by atoms with Crippen LogP contribution in [0.15, 0.2) is 4.99 Å². The SMILES string of the molecule is CCCC1CCCN(C(=N)N=C(N)N)CC1. The Labute approximate surface area is 97.4 Å². The maximum absolute atomic E-state index is 7.76. The van der Waals surface area contributed by atoms with Gasteiger partial charge >= 0.3 is 0 Å². The van der Waals surface area contributed by atoms with Crippen molar-refractivity contribution < 1.29 is 0 Å². The zero-order valence-electron chi connectivity index (χ0n) is 10.1. The molecule has 1 saturated heterocycles. The molecule has 0 aromatic carbocycles. The molecule has 1 aliphatic rings. The van der Waals surface area contributed by atoms with Crippen LogP contribution in [0.2, 0.25) is 0 Å². The van der Waals surface area contributed by atoms with Gasteiger partial charge in [-0.3, -0.25) is 5.41 Å². The highest BCUT2D eigenvalue weighted by atomic mass is 15.3. The fourth-order valence-electron chi connectivity index (χ4n) is 2.27. The molecule has 1 unspecified atom stereocenters. The van der Waals surface area contributed by atoms with Crippen molar-refractivity contribution >= 4 is 11.9 Å². The number of nitrogens with one attached hydrogen (secondary N) is 1. The van der Waals surface area contributed by atoms with Crippen molar-refractivity contribution in [2.24, 2.45) is 22.4 Å². The quantitative estimate of drug-likeness (QED) is 0.485. The van der Waals surface area contributed by atoms with Crippen molar-refractivity contribution in [1.29, 1.82) is 5.41 Å². The van der Waals surface area contributed by atoms with Gasteiger partial charge in [0.25, 0.3) is 0 Å². The number of nitrogens with two attached hydrogens (primary N) is 2. The van der Waals surface area contributed by atoms with E-state index >= 15 is 0 Å². The second-order valence-corrected chi connectivity index (χ2v) is 4.43. The number of nitrogens with zero attached hydrogens (tertiary/aromatic N) is 2. The first-order valence-electron chi connectivity index (χ1n) is 6.06. The Morgan fingerprint density at radius 3 is 2.75 bits per heavy atom. The summed E-state index contributed by atoms with van der Waals surface area (Å²) in [7, 11) is 0. The minimum atomic E-state index is -0.0284. The molecule has 5 N–H and O–H groups in total. The molecule has 0 aromatic heterocycles. The maximum Gasteiger partial charge on any atom is 0.221 e. The predicted molar refractivity (Wildman–Crippen MR) is 67.4 cm³/mol. The molecule has 5 nitrogen and oxygen atoms in total. The first-order valence-corrected chi connectivity index (χ1v) is 6.06. The van der Waals surface area contributed by atoms with Crippen LogP contribution in [-0.4, -0.2) is 29.9 Å². The molecule has 0 aliphatic carbocycles. The molecule has 0 aromatic rings. The Kier molecular flexibility index (Phi) is 5.08. The van der Waals surface area contributed by atoms with Gasteiger partial charge in [-0.1, -0.05) is 19.8 Å². The van der Waals surface area contributed by atoms with Crippen molar-refractivity contribution in [3.8, 4) is 0 Å². The van der Waals surface area contributed by atoms with Crippen LogP contribution in [0.1, 0.15) is 39.0 Å². The van der Waals surface area contributed by atoms with Crippen LogP contribution in [0.25, 0.3) is 0 Å². The van der Waals surface area contributed by atoms with Gasteiger partial charge in [-0.15, -0.1) is 0 Å². The molecule has 0 saturated carbocycles. The van der Waals surface area contributed by atoms with E-state index in [9.17, 15) is 0 Å². The van der Waals surface area contributed by atoms with Crippen molar-refractivity contribution in [2.45, 2.75) is 39.0 Å². The maximum atomic E-state index is 7.76. The van der Waals surface area contributed by atoms with Gasteiger partial charge in [-0.2, -0.15) is 4.99 Å². The summed E-state index contributed by atoms with van der Waals surface area (Å²) in [5.41, 5.74) is 10.5. The molecule has 0 spiro atoms. The van der Waals surface area contributed by atoms with Gasteiger partial charge in [-0.25, -0.2) is 0 Å². The van der Waals surface area contributed by atoms with Gasteiger partial charge in [0, 0.05) is 13.1 Å². The summed E-state index contributed by atoms with van der Waals surface area (Å²) in [6.45, 7) is 4.03. The van der Waals surface area contributed by atoms with Gasteiger partial charge < -0.3 is 16.4 Å². The monoisotopic (exact) mass is 225 g/mol. The minimum absolute atomic E-state index is 0.0284. The summed E-state index contributed by atoms with van der Waals surface area (Å²) in [5, 5.41) is 7.76. The summed E-state index contributed by atoms with van der Waals surface area (Å²) >= 11 is 0. The third kappa shape index (κ3) is 4.08. The molecule has 0 radical (unpaired) electrons. The summed E-state index contributed by atoms with van der Waals surface area (Å²) in [6.07, 6.45) is 6.09. The highest BCUT2D eigenvalue weighted by Crippen LogP contribution is 2.21. The van der Waals surface area contributed by atoms with Crippen LogP contribution in [0.5, 0.6) is 0 Å². The molecule has 1 aliphatic heterocycles. The Bertz CT molecular complexity index is 257. The third-order valence-electron chi connectivity index (χ3n) is 3.08. The lowest BCUT2D eigenvalue weighted by molar-refractivity contribution is 0.398. The van der Waals surface area contributed by atoms with Crippen molar-refractivity contribution in [1.82, 2.24) is 4.90 Å². The number of aliphatic imine (C=N–C) groups is 1. The van der Waals surface area contributed by atoms with Crippen molar-refractivity contribution in [2.75, 3.05) is 13.1 Å². The molecule has 1 rings (SSSR count). The molecule has 1 atom stereocenters. The number of rotatable bonds is 2. The molecule has 5 heteroatoms. The van der Waals surface area contributed by atoms with E-state index in [2.05, 4.69) is 11.9 Å². The van der Waals surface area contributed by atoms with Gasteiger partial charge in [0.1, 0.15) is 0 Å². The average Bonchev–Trinajstić information content (AvgIpc) is 2.43. The van der Waals surface area contributed by atoms with E-state index in [-0.39, 0.29) is 11.9 Å². The van der Waals surface area contributed by atoms with Crippen LogP contribution in [0, 0.1) is 11.3 Å². The lowest BCUT2D eigenvalue weighted by Crippen LogP contribution is -2.33. The van der Waals surface area contributed by atoms with Gasteiger partial charge in [0.2, 0.25) is 5.96 Å². The molecule has 92 valence electrons. The summed E-state index contributed by atoms with van der Waals surface area (Å²) in [6, 6.07) is 0. The van der Waals surface area contributed by atoms with E-state index in [1.165, 1.54) is 19.3 Å². The number of hydrogen-bond acceptors (Lipinski definition) is 1. The lowest BCUT2D eigenvalue weighted by atomic mass is 9.96. The van der Waals surface area contributed by atoms with E-state index in [1.807, 2.05) is 4.90 Å². The first kappa shape index (κ1) is 12.8. The standard InChI is InChI=1S/C11H23N5/c1-2-4-9-5-3-7-16(8-6-9)11(14)15-10(12)13/h9H,2-8H2,1H3,(H5,12,13,14,15). The molecule has 0 amide bonds. The number of hydrogen-bond donors (Lipinski definition) is 3. The largest absolute Gasteiger partial charge is 0.370 e. The van der Waals surface area contributed by atoms with E-state index in [0.717, 1.165) is 31.8 Å². The summed E-state index contributed by atoms with van der Waals surface area (Å²) in [5.74, 6) is 0.985. The van der Waals surface area contributed by atoms with E-state index in [1.54, 1.807) is 0 Å². The average molecular weight is 225 g/mol. The van der Waals surface area contributed by atoms with Crippen LogP contribution in [0.4, 0.5) is 0 Å². The van der Waals surface area contributed by atoms with Crippen LogP contribution >= 0.6 is 0 Å². The third-order valence-corrected chi connectivity index (χ3v) is 3.08. The van der Waals surface area contributed by atoms with Crippen molar-refractivity contribution in [3.63, 3.8) is 0 Å². The molecule has 1 fully saturated rings. The molecule has 0 bridgehead atoms. The smallest absolute Gasteiger partial charge is 0.221 e. The highest BCUT2D eigenvalue weighted by Gasteiger charge is 2.17. The van der Waals surface area contributed by atoms with Crippen molar-refractivity contribution in [3.05, 3.63) is 0 Å². The Balaban J connectivity index is 2.46. The number of guanidine groups is 2. The Morgan fingerprint density at radius 2 is 2.12 bits per heavy atom. The Morgan fingerprint density at radius 1 is 1.38 bits per heavy atom. The zero-order valence-corrected chi connectivity index (χ0v) is 10.1. The van der Waals surface area contributed by atoms with Crippen LogP contribution in [0.3, 0.4) is 0 Å². The molecular weight excluding hydrogens is 202 g/mol. The Hall–Kier alpha value is -1.26. The topological polar surface area (TPSA) is 91.5 Å². The van der Waals surface area contributed by atoms with Gasteiger partial charge in [0.05, 0.1) is 0 Å². The normalized spacial score (nSPS) is 21.3. The minimum Gasteiger partial charge on any atom is -0.370 e. The van der Waals surface area contributed by atoms with Crippen LogP contribution < -0.4 is 11.5 Å². The second-order valence-electron chi connectivity index (χ2n) is 4.43. The van der Waals surface area contributed by atoms with Gasteiger partial charge in [0.15, 0.2) is 5.96 Å². The van der Waals surface area contributed by atoms with E-state index in [4.69, 9.17) is 16.9 Å². The van der Waals surface area contributed by atoms with E-state index < -0.39 is 0 Å². The molecule has 16 heavy (non-hydrogen) atoms. The van der Waals surface area contributed by atoms with E-state index in [0.29, 0.717) is 0 Å². The molecule has 1 heterocycles. The molecular formula is C11H23N5. The zero-order chi connectivity index (χ0) is 12.0.